The molecule has 1 heterocycles. The minimum absolute atomic E-state index is 0.0477. The van der Waals surface area contributed by atoms with E-state index in [0.29, 0.717) is 6.42 Å². The van der Waals surface area contributed by atoms with Crippen LogP contribution in [0.15, 0.2) is 65.0 Å². The fourth-order valence-corrected chi connectivity index (χ4v) is 3.48. The van der Waals surface area contributed by atoms with Gasteiger partial charge in [-0.05, 0) is 38.1 Å². The number of ether oxygens (including phenoxy) is 1. The number of benzene rings is 2. The lowest BCUT2D eigenvalue weighted by Crippen LogP contribution is -2.19. The highest BCUT2D eigenvalue weighted by Gasteiger charge is 2.09. The quantitative estimate of drug-likeness (QED) is 0.693. The van der Waals surface area contributed by atoms with Crippen molar-refractivity contribution in [2.24, 2.45) is 12.0 Å². The molecule has 0 unspecified atom stereocenters. The molecule has 6 heteroatoms. The summed E-state index contributed by atoms with van der Waals surface area (Å²) < 4.78 is 7.67. The zero-order valence-corrected chi connectivity index (χ0v) is 16.5. The zero-order valence-electron chi connectivity index (χ0n) is 15.7. The van der Waals surface area contributed by atoms with E-state index in [-0.39, 0.29) is 12.0 Å². The largest absolute Gasteiger partial charge is 0.491 e. The minimum atomic E-state index is -0.0477. The number of hydrogen-bond donors (Lipinski definition) is 1. The van der Waals surface area contributed by atoms with Crippen LogP contribution in [0.5, 0.6) is 5.75 Å². The van der Waals surface area contributed by atoms with Gasteiger partial charge in [-0.25, -0.2) is 4.99 Å². The molecule has 1 N–H and O–H groups in total. The second-order valence-corrected chi connectivity index (χ2v) is 7.27. The smallest absolute Gasteiger partial charge is 0.230 e. The first kappa shape index (κ1) is 18.9. The van der Waals surface area contributed by atoms with Crippen LogP contribution in [-0.4, -0.2) is 16.6 Å². The molecule has 0 radical (unpaired) electrons. The van der Waals surface area contributed by atoms with Gasteiger partial charge in [0.25, 0.3) is 0 Å². The number of para-hydroxylation sites is 1. The number of amides is 1. The van der Waals surface area contributed by atoms with E-state index in [2.05, 4.69) is 5.32 Å². The van der Waals surface area contributed by atoms with Crippen LogP contribution >= 0.6 is 11.3 Å². The SMILES string of the molecule is CC(C)Oc1cccc(N=c2scc(CC(=O)Nc3ccccc3)n2C)c1. The molecule has 5 nitrogen and oxygen atoms in total. The summed E-state index contributed by atoms with van der Waals surface area (Å²) >= 11 is 1.51. The number of carbonyl (C=O) groups excluding carboxylic acids is 1. The van der Waals surface area contributed by atoms with Crippen LogP contribution in [-0.2, 0) is 18.3 Å². The second-order valence-electron chi connectivity index (χ2n) is 6.44. The first-order valence-corrected chi connectivity index (χ1v) is 9.69. The van der Waals surface area contributed by atoms with Crippen molar-refractivity contribution in [3.05, 3.63) is 70.5 Å². The molecule has 0 aliphatic rings. The van der Waals surface area contributed by atoms with Crippen LogP contribution in [0.2, 0.25) is 0 Å². The summed E-state index contributed by atoms with van der Waals surface area (Å²) in [5.74, 6) is 0.751. The Hall–Kier alpha value is -2.86. The molecule has 0 saturated carbocycles. The van der Waals surface area contributed by atoms with Gasteiger partial charge in [-0.1, -0.05) is 24.3 Å². The van der Waals surface area contributed by atoms with E-state index in [4.69, 9.17) is 9.73 Å². The van der Waals surface area contributed by atoms with Crippen LogP contribution in [0.3, 0.4) is 0 Å². The van der Waals surface area contributed by atoms with Crippen molar-refractivity contribution in [2.45, 2.75) is 26.4 Å². The summed E-state index contributed by atoms with van der Waals surface area (Å²) in [6.07, 6.45) is 0.418. The number of nitrogens with zero attached hydrogens (tertiary/aromatic N) is 2. The van der Waals surface area contributed by atoms with Crippen LogP contribution in [0.1, 0.15) is 19.5 Å². The summed E-state index contributed by atoms with van der Waals surface area (Å²) in [5, 5.41) is 4.88. The average molecular weight is 382 g/mol. The van der Waals surface area contributed by atoms with Gasteiger partial charge in [0.1, 0.15) is 5.75 Å². The van der Waals surface area contributed by atoms with Gasteiger partial charge in [0.2, 0.25) is 5.91 Å². The number of rotatable bonds is 6. The molecule has 1 amide bonds. The van der Waals surface area contributed by atoms with Crippen molar-refractivity contribution in [3.63, 3.8) is 0 Å². The highest BCUT2D eigenvalue weighted by Crippen LogP contribution is 2.20. The predicted octanol–water partition coefficient (Wildman–Crippen LogP) is 4.29. The third-order valence-electron chi connectivity index (χ3n) is 3.83. The summed E-state index contributed by atoms with van der Waals surface area (Å²) in [4.78, 5) is 17.8. The second kappa shape index (κ2) is 8.68. The van der Waals surface area contributed by atoms with E-state index in [1.165, 1.54) is 11.3 Å². The van der Waals surface area contributed by atoms with E-state index >= 15 is 0 Å². The van der Waals surface area contributed by atoms with Crippen LogP contribution in [0.25, 0.3) is 0 Å². The molecule has 1 aromatic heterocycles. The molecule has 3 aromatic rings. The fraction of sp³-hybridized carbons (Fsp3) is 0.238. The normalized spacial score (nSPS) is 11.6. The summed E-state index contributed by atoms with van der Waals surface area (Å²) in [7, 11) is 1.93. The van der Waals surface area contributed by atoms with E-state index in [1.54, 1.807) is 0 Å². The van der Waals surface area contributed by atoms with Gasteiger partial charge < -0.3 is 14.6 Å². The van der Waals surface area contributed by atoms with Crippen LogP contribution < -0.4 is 14.9 Å². The number of carbonyl (C=O) groups is 1. The van der Waals surface area contributed by atoms with Crippen molar-refractivity contribution >= 4 is 28.6 Å². The maximum Gasteiger partial charge on any atom is 0.230 e. The first-order valence-electron chi connectivity index (χ1n) is 8.81. The Morgan fingerprint density at radius 1 is 1.19 bits per heavy atom. The van der Waals surface area contributed by atoms with Crippen molar-refractivity contribution in [1.82, 2.24) is 4.57 Å². The predicted molar refractivity (Wildman–Crippen MR) is 109 cm³/mol. The third kappa shape index (κ3) is 5.31. The standard InChI is InChI=1S/C21H23N3O2S/c1-15(2)26-19-11-7-10-17(12-19)23-21-24(3)18(14-27-21)13-20(25)22-16-8-5-4-6-9-16/h4-12,14-15H,13H2,1-3H3,(H,22,25). The first-order chi connectivity index (χ1) is 13.0. The average Bonchev–Trinajstić information content (AvgIpc) is 2.95. The Balaban J connectivity index is 1.75. The molecule has 0 saturated heterocycles. The van der Waals surface area contributed by atoms with Crippen LogP contribution in [0.4, 0.5) is 11.4 Å². The minimum Gasteiger partial charge on any atom is -0.491 e. The molecule has 0 fully saturated rings. The number of hydrogen-bond acceptors (Lipinski definition) is 4. The third-order valence-corrected chi connectivity index (χ3v) is 4.80. The Bertz CT molecular complexity index is 974. The van der Waals surface area contributed by atoms with Crippen LogP contribution in [0, 0.1) is 0 Å². The number of anilines is 1. The van der Waals surface area contributed by atoms with Crippen molar-refractivity contribution in [1.29, 1.82) is 0 Å². The van der Waals surface area contributed by atoms with Crippen molar-refractivity contribution < 1.29 is 9.53 Å². The Labute approximate surface area is 163 Å². The lowest BCUT2D eigenvalue weighted by molar-refractivity contribution is -0.115. The van der Waals surface area contributed by atoms with Gasteiger partial charge in [0.15, 0.2) is 4.80 Å². The molecule has 0 bridgehead atoms. The number of thiazole rings is 1. The van der Waals surface area contributed by atoms with Gasteiger partial charge in [0, 0.05) is 29.9 Å². The summed E-state index contributed by atoms with van der Waals surface area (Å²) in [6.45, 7) is 3.99. The van der Waals surface area contributed by atoms with Crippen molar-refractivity contribution in [3.8, 4) is 5.75 Å². The molecule has 140 valence electrons. The molecule has 0 aliphatic heterocycles. The Morgan fingerprint density at radius 2 is 1.96 bits per heavy atom. The highest BCUT2D eigenvalue weighted by molar-refractivity contribution is 7.07. The fourth-order valence-electron chi connectivity index (χ4n) is 2.56. The zero-order chi connectivity index (χ0) is 19.2. The van der Waals surface area contributed by atoms with E-state index < -0.39 is 0 Å². The van der Waals surface area contributed by atoms with Gasteiger partial charge in [-0.3, -0.25) is 4.79 Å². The molecular weight excluding hydrogens is 358 g/mol. The molecule has 0 aliphatic carbocycles. The van der Waals surface area contributed by atoms with Gasteiger partial charge >= 0.3 is 0 Å². The van der Waals surface area contributed by atoms with Gasteiger partial charge in [-0.15, -0.1) is 11.3 Å². The van der Waals surface area contributed by atoms with Crippen molar-refractivity contribution in [2.75, 3.05) is 5.32 Å². The molecule has 3 rings (SSSR count). The maximum atomic E-state index is 12.3. The summed E-state index contributed by atoms with van der Waals surface area (Å²) in [5.41, 5.74) is 2.54. The molecular formula is C21H23N3O2S. The molecule has 0 atom stereocenters. The maximum absolute atomic E-state index is 12.3. The van der Waals surface area contributed by atoms with E-state index in [9.17, 15) is 4.79 Å². The Morgan fingerprint density at radius 3 is 2.70 bits per heavy atom. The topological polar surface area (TPSA) is 55.6 Å². The van der Waals surface area contributed by atoms with Gasteiger partial charge in [-0.2, -0.15) is 0 Å². The Kier molecular flexibility index (Phi) is 6.08. The molecule has 2 aromatic carbocycles. The van der Waals surface area contributed by atoms with Gasteiger partial charge in [0.05, 0.1) is 18.2 Å². The number of nitrogens with one attached hydrogen (secondary N) is 1. The lowest BCUT2D eigenvalue weighted by atomic mass is 10.3. The highest BCUT2D eigenvalue weighted by atomic mass is 32.1. The molecule has 0 spiro atoms. The number of aromatic nitrogens is 1. The summed E-state index contributed by atoms with van der Waals surface area (Å²) in [6, 6.07) is 17.2. The lowest BCUT2D eigenvalue weighted by Gasteiger charge is -2.09. The van der Waals surface area contributed by atoms with E-state index in [0.717, 1.165) is 27.6 Å². The molecule has 27 heavy (non-hydrogen) atoms. The van der Waals surface area contributed by atoms with E-state index in [1.807, 2.05) is 85.4 Å². The monoisotopic (exact) mass is 381 g/mol.